The number of ether oxygens (including phenoxy) is 1. The maximum Gasteiger partial charge on any atom is 0.383 e. The summed E-state index contributed by atoms with van der Waals surface area (Å²) in [6.45, 7) is 2.63. The van der Waals surface area contributed by atoms with Crippen LogP contribution in [0, 0.1) is 0 Å². The molecular weight excluding hydrogens is 244 g/mol. The summed E-state index contributed by atoms with van der Waals surface area (Å²) in [5.74, 6) is -6.55. The summed E-state index contributed by atoms with van der Waals surface area (Å²) in [5.41, 5.74) is 0. The van der Waals surface area contributed by atoms with Crippen molar-refractivity contribution in [3.8, 4) is 0 Å². The molecule has 4 nitrogen and oxygen atoms in total. The molecule has 1 amide bonds. The summed E-state index contributed by atoms with van der Waals surface area (Å²) in [6.07, 6.45) is -3.98. The number of alkyl halides is 4. The molecule has 100 valence electrons. The molecule has 1 saturated heterocycles. The average molecular weight is 258 g/mol. The molecule has 0 aliphatic carbocycles. The van der Waals surface area contributed by atoms with Gasteiger partial charge in [-0.15, -0.1) is 0 Å². The normalized spacial score (nSPS) is 18.4. The number of rotatable bonds is 5. The molecule has 0 spiro atoms. The van der Waals surface area contributed by atoms with E-state index in [1.54, 1.807) is 5.32 Å². The molecule has 0 unspecified atom stereocenters. The lowest BCUT2D eigenvalue weighted by molar-refractivity contribution is -0.169. The number of halogens is 4. The Morgan fingerprint density at radius 2 is 1.94 bits per heavy atom. The molecule has 0 bridgehead atoms. The fraction of sp³-hybridized carbons (Fsp3) is 0.889. The molecule has 0 aromatic carbocycles. The molecule has 0 atom stereocenters. The minimum Gasteiger partial charge on any atom is -0.379 e. The topological polar surface area (TPSA) is 41.6 Å². The second-order valence-corrected chi connectivity index (χ2v) is 3.63. The number of hydrogen-bond acceptors (Lipinski definition) is 3. The maximum absolute atomic E-state index is 12.5. The molecule has 1 N–H and O–H groups in total. The summed E-state index contributed by atoms with van der Waals surface area (Å²) >= 11 is 0. The monoisotopic (exact) mass is 258 g/mol. The van der Waals surface area contributed by atoms with Gasteiger partial charge in [-0.1, -0.05) is 0 Å². The zero-order valence-corrected chi connectivity index (χ0v) is 9.10. The van der Waals surface area contributed by atoms with Crippen molar-refractivity contribution in [2.75, 3.05) is 39.4 Å². The third-order valence-electron chi connectivity index (χ3n) is 2.39. The number of nitrogens with one attached hydrogen (secondary N) is 1. The highest BCUT2D eigenvalue weighted by Crippen LogP contribution is 2.22. The summed E-state index contributed by atoms with van der Waals surface area (Å²) in [5, 5.41) is 1.80. The predicted molar refractivity (Wildman–Crippen MR) is 51.2 cm³/mol. The lowest BCUT2D eigenvalue weighted by Crippen LogP contribution is -2.48. The highest BCUT2D eigenvalue weighted by Gasteiger charge is 2.48. The van der Waals surface area contributed by atoms with Crippen LogP contribution in [-0.2, 0) is 9.53 Å². The fourth-order valence-electron chi connectivity index (χ4n) is 1.37. The van der Waals surface area contributed by atoms with Gasteiger partial charge in [-0.05, 0) is 0 Å². The van der Waals surface area contributed by atoms with Gasteiger partial charge >= 0.3 is 12.3 Å². The van der Waals surface area contributed by atoms with Gasteiger partial charge in [-0.25, -0.2) is 8.78 Å². The summed E-state index contributed by atoms with van der Waals surface area (Å²) in [4.78, 5) is 12.7. The molecule has 1 rings (SSSR count). The first-order valence-corrected chi connectivity index (χ1v) is 5.19. The first-order valence-electron chi connectivity index (χ1n) is 5.19. The molecule has 1 heterocycles. The van der Waals surface area contributed by atoms with E-state index in [1.165, 1.54) is 0 Å². The predicted octanol–water partition coefficient (Wildman–Crippen LogP) is 0.335. The summed E-state index contributed by atoms with van der Waals surface area (Å²) < 4.78 is 53.7. The fourth-order valence-corrected chi connectivity index (χ4v) is 1.37. The molecule has 0 aromatic heterocycles. The lowest BCUT2D eigenvalue weighted by atomic mass is 10.3. The smallest absolute Gasteiger partial charge is 0.379 e. The van der Waals surface area contributed by atoms with Gasteiger partial charge < -0.3 is 10.1 Å². The Morgan fingerprint density at radius 3 is 2.47 bits per heavy atom. The quantitative estimate of drug-likeness (QED) is 0.723. The number of nitrogens with zero attached hydrogens (tertiary/aromatic N) is 1. The van der Waals surface area contributed by atoms with Crippen LogP contribution in [0.25, 0.3) is 0 Å². The van der Waals surface area contributed by atoms with E-state index in [9.17, 15) is 22.4 Å². The van der Waals surface area contributed by atoms with Crippen LogP contribution in [-0.4, -0.2) is 62.5 Å². The standard InChI is InChI=1S/C9H14F4N2O2/c10-7(11)9(12,13)8(16)14-1-2-15-3-5-17-6-4-15/h7H,1-6H2,(H,14,16). The number of amides is 1. The van der Waals surface area contributed by atoms with Crippen molar-refractivity contribution >= 4 is 5.91 Å². The molecule has 17 heavy (non-hydrogen) atoms. The highest BCUT2D eigenvalue weighted by atomic mass is 19.3. The first-order chi connectivity index (χ1) is 7.94. The van der Waals surface area contributed by atoms with Crippen molar-refractivity contribution in [2.24, 2.45) is 0 Å². The van der Waals surface area contributed by atoms with Crippen LogP contribution in [0.2, 0.25) is 0 Å². The molecule has 1 aliphatic rings. The van der Waals surface area contributed by atoms with Gasteiger partial charge in [0, 0.05) is 26.2 Å². The van der Waals surface area contributed by atoms with Crippen molar-refractivity contribution in [3.63, 3.8) is 0 Å². The van der Waals surface area contributed by atoms with Gasteiger partial charge in [0.2, 0.25) is 0 Å². The third kappa shape index (κ3) is 4.12. The summed E-state index contributed by atoms with van der Waals surface area (Å²) in [6, 6.07) is 0. The highest BCUT2D eigenvalue weighted by molar-refractivity contribution is 5.83. The Bertz CT molecular complexity index is 257. The van der Waals surface area contributed by atoms with Crippen molar-refractivity contribution < 1.29 is 27.1 Å². The zero-order chi connectivity index (χ0) is 12.9. The average Bonchev–Trinajstić information content (AvgIpc) is 2.30. The van der Waals surface area contributed by atoms with Gasteiger partial charge in [0.1, 0.15) is 0 Å². The Kier molecular flexibility index (Phi) is 5.13. The maximum atomic E-state index is 12.5. The van der Waals surface area contributed by atoms with E-state index in [-0.39, 0.29) is 6.54 Å². The molecule has 0 saturated carbocycles. The minimum absolute atomic E-state index is 0.0822. The molecule has 8 heteroatoms. The first kappa shape index (κ1) is 14.2. The molecule has 1 fully saturated rings. The van der Waals surface area contributed by atoms with Crippen LogP contribution in [0.3, 0.4) is 0 Å². The largest absolute Gasteiger partial charge is 0.383 e. The van der Waals surface area contributed by atoms with E-state index in [1.807, 2.05) is 4.90 Å². The Labute approximate surface area is 95.9 Å². The number of carbonyl (C=O) groups is 1. The van der Waals surface area contributed by atoms with Gasteiger partial charge in [0.25, 0.3) is 5.91 Å². The van der Waals surface area contributed by atoms with Crippen molar-refractivity contribution in [1.82, 2.24) is 10.2 Å². The van der Waals surface area contributed by atoms with Crippen LogP contribution in [0.4, 0.5) is 17.6 Å². The second kappa shape index (κ2) is 6.15. The number of carbonyl (C=O) groups excluding carboxylic acids is 1. The Hall–Kier alpha value is -0.890. The third-order valence-corrected chi connectivity index (χ3v) is 2.39. The molecule has 1 aliphatic heterocycles. The van der Waals surface area contributed by atoms with Crippen LogP contribution in [0.5, 0.6) is 0 Å². The van der Waals surface area contributed by atoms with Gasteiger partial charge in [0.15, 0.2) is 0 Å². The van der Waals surface area contributed by atoms with Crippen LogP contribution < -0.4 is 5.32 Å². The van der Waals surface area contributed by atoms with Crippen LogP contribution in [0.15, 0.2) is 0 Å². The van der Waals surface area contributed by atoms with E-state index < -0.39 is 18.3 Å². The van der Waals surface area contributed by atoms with Crippen molar-refractivity contribution in [3.05, 3.63) is 0 Å². The van der Waals surface area contributed by atoms with E-state index in [0.717, 1.165) is 0 Å². The van der Waals surface area contributed by atoms with Gasteiger partial charge in [-0.3, -0.25) is 9.69 Å². The molecular formula is C9H14F4N2O2. The second-order valence-electron chi connectivity index (χ2n) is 3.63. The SMILES string of the molecule is O=C(NCCN1CCOCC1)C(F)(F)C(F)F. The van der Waals surface area contributed by atoms with E-state index in [4.69, 9.17) is 4.74 Å². The van der Waals surface area contributed by atoms with E-state index in [0.29, 0.717) is 32.8 Å². The lowest BCUT2D eigenvalue weighted by Gasteiger charge is -2.26. The van der Waals surface area contributed by atoms with Gasteiger partial charge in [0.05, 0.1) is 13.2 Å². The van der Waals surface area contributed by atoms with E-state index >= 15 is 0 Å². The minimum atomic E-state index is -4.62. The van der Waals surface area contributed by atoms with E-state index in [2.05, 4.69) is 0 Å². The van der Waals surface area contributed by atoms with Crippen LogP contribution >= 0.6 is 0 Å². The summed E-state index contributed by atoms with van der Waals surface area (Å²) in [7, 11) is 0. The number of morpholine rings is 1. The zero-order valence-electron chi connectivity index (χ0n) is 9.10. The van der Waals surface area contributed by atoms with Crippen LogP contribution in [0.1, 0.15) is 0 Å². The Balaban J connectivity index is 2.23. The molecule has 0 radical (unpaired) electrons. The molecule has 0 aromatic rings. The number of hydrogen-bond donors (Lipinski definition) is 1. The Morgan fingerprint density at radius 1 is 1.35 bits per heavy atom. The van der Waals surface area contributed by atoms with Crippen molar-refractivity contribution in [1.29, 1.82) is 0 Å². The van der Waals surface area contributed by atoms with Crippen molar-refractivity contribution in [2.45, 2.75) is 12.3 Å². The van der Waals surface area contributed by atoms with Gasteiger partial charge in [-0.2, -0.15) is 8.78 Å².